The topological polar surface area (TPSA) is 18.5 Å². The van der Waals surface area contributed by atoms with Crippen LogP contribution in [0.2, 0.25) is 0 Å². The number of hydrogen-bond acceptors (Lipinski definition) is 3. The molecule has 0 aromatic heterocycles. The first-order valence-electron chi connectivity index (χ1n) is 5.77. The molecule has 15 heavy (non-hydrogen) atoms. The number of nitrogens with one attached hydrogen (secondary N) is 1. The molecule has 0 amide bonds. The van der Waals surface area contributed by atoms with Gasteiger partial charge >= 0.3 is 0 Å². The van der Waals surface area contributed by atoms with E-state index in [0.717, 1.165) is 19.1 Å². The SMILES string of the molecule is C#CCNCCN1CCCC1CN(C)C. The molecule has 1 fully saturated rings. The van der Waals surface area contributed by atoms with Gasteiger partial charge in [0.25, 0.3) is 0 Å². The van der Waals surface area contributed by atoms with E-state index in [-0.39, 0.29) is 0 Å². The third kappa shape index (κ3) is 4.65. The highest BCUT2D eigenvalue weighted by molar-refractivity contribution is 4.87. The van der Waals surface area contributed by atoms with Crippen molar-refractivity contribution in [3.63, 3.8) is 0 Å². The number of likely N-dealkylation sites (N-methyl/N-ethyl adjacent to an activating group) is 1. The standard InChI is InChI=1S/C12H23N3/c1-4-7-13-8-10-15-9-5-6-12(15)11-14(2)3/h1,12-13H,5-11H2,2-3H3. The molecule has 0 radical (unpaired) electrons. The van der Waals surface area contributed by atoms with Crippen LogP contribution in [0.5, 0.6) is 0 Å². The zero-order valence-electron chi connectivity index (χ0n) is 10.00. The summed E-state index contributed by atoms with van der Waals surface area (Å²) in [6.07, 6.45) is 7.86. The van der Waals surface area contributed by atoms with Crippen molar-refractivity contribution in [3.8, 4) is 12.3 Å². The van der Waals surface area contributed by atoms with Gasteiger partial charge in [-0.15, -0.1) is 6.42 Å². The number of nitrogens with zero attached hydrogens (tertiary/aromatic N) is 2. The fourth-order valence-corrected chi connectivity index (χ4v) is 2.20. The lowest BCUT2D eigenvalue weighted by Crippen LogP contribution is -2.40. The zero-order valence-corrected chi connectivity index (χ0v) is 10.00. The van der Waals surface area contributed by atoms with Crippen molar-refractivity contribution in [2.24, 2.45) is 0 Å². The van der Waals surface area contributed by atoms with Gasteiger partial charge in [-0.1, -0.05) is 5.92 Å². The van der Waals surface area contributed by atoms with Crippen molar-refractivity contribution in [1.82, 2.24) is 15.1 Å². The molecule has 0 spiro atoms. The molecular weight excluding hydrogens is 186 g/mol. The van der Waals surface area contributed by atoms with Crippen molar-refractivity contribution in [2.75, 3.05) is 46.8 Å². The van der Waals surface area contributed by atoms with E-state index in [0.29, 0.717) is 6.54 Å². The van der Waals surface area contributed by atoms with Gasteiger partial charge in [-0.25, -0.2) is 0 Å². The minimum Gasteiger partial charge on any atom is -0.308 e. The zero-order chi connectivity index (χ0) is 11.1. The van der Waals surface area contributed by atoms with Crippen molar-refractivity contribution in [1.29, 1.82) is 0 Å². The highest BCUT2D eigenvalue weighted by atomic mass is 15.2. The molecule has 86 valence electrons. The third-order valence-corrected chi connectivity index (χ3v) is 2.88. The van der Waals surface area contributed by atoms with Crippen LogP contribution in [0.4, 0.5) is 0 Å². The van der Waals surface area contributed by atoms with E-state index >= 15 is 0 Å². The maximum absolute atomic E-state index is 5.18. The molecule has 1 unspecified atom stereocenters. The maximum atomic E-state index is 5.18. The Hall–Kier alpha value is -0.560. The maximum Gasteiger partial charge on any atom is 0.0574 e. The van der Waals surface area contributed by atoms with Crippen molar-refractivity contribution >= 4 is 0 Å². The smallest absolute Gasteiger partial charge is 0.0574 e. The minimum absolute atomic E-state index is 0.687. The number of rotatable bonds is 6. The summed E-state index contributed by atoms with van der Waals surface area (Å²) in [7, 11) is 4.29. The van der Waals surface area contributed by atoms with Crippen molar-refractivity contribution in [2.45, 2.75) is 18.9 Å². The van der Waals surface area contributed by atoms with Crippen molar-refractivity contribution < 1.29 is 0 Å². The Morgan fingerprint density at radius 1 is 1.53 bits per heavy atom. The largest absolute Gasteiger partial charge is 0.308 e. The molecule has 1 saturated heterocycles. The predicted molar refractivity (Wildman–Crippen MR) is 64.9 cm³/mol. The van der Waals surface area contributed by atoms with E-state index in [1.165, 1.54) is 25.9 Å². The van der Waals surface area contributed by atoms with Crippen LogP contribution in [0.25, 0.3) is 0 Å². The Labute approximate surface area is 93.8 Å². The molecule has 1 rings (SSSR count). The van der Waals surface area contributed by atoms with E-state index in [2.05, 4.69) is 35.1 Å². The van der Waals surface area contributed by atoms with Crippen LogP contribution in [0.15, 0.2) is 0 Å². The van der Waals surface area contributed by atoms with Gasteiger partial charge in [0, 0.05) is 25.7 Å². The Bertz CT molecular complexity index is 207. The normalized spacial score (nSPS) is 22.1. The average Bonchev–Trinajstić information content (AvgIpc) is 2.59. The van der Waals surface area contributed by atoms with Crippen molar-refractivity contribution in [3.05, 3.63) is 0 Å². The second kappa shape index (κ2) is 6.84. The van der Waals surface area contributed by atoms with Crippen LogP contribution in [0.3, 0.4) is 0 Å². The quantitative estimate of drug-likeness (QED) is 0.499. The first kappa shape index (κ1) is 12.5. The van der Waals surface area contributed by atoms with E-state index in [1.807, 2.05) is 0 Å². The van der Waals surface area contributed by atoms with Crippen LogP contribution in [0, 0.1) is 12.3 Å². The Balaban J connectivity index is 2.18. The Morgan fingerprint density at radius 3 is 3.00 bits per heavy atom. The fraction of sp³-hybridized carbons (Fsp3) is 0.833. The van der Waals surface area contributed by atoms with Gasteiger partial charge in [-0.05, 0) is 33.5 Å². The molecule has 1 aliphatic heterocycles. The summed E-state index contributed by atoms with van der Waals surface area (Å²) in [5.41, 5.74) is 0. The molecule has 3 heteroatoms. The van der Waals surface area contributed by atoms with Crippen LogP contribution in [-0.2, 0) is 0 Å². The summed E-state index contributed by atoms with van der Waals surface area (Å²) in [6.45, 7) is 5.24. The summed E-state index contributed by atoms with van der Waals surface area (Å²) in [5.74, 6) is 2.60. The van der Waals surface area contributed by atoms with Gasteiger partial charge in [0.1, 0.15) is 0 Å². The molecule has 0 saturated carbocycles. The first-order valence-corrected chi connectivity index (χ1v) is 5.77. The number of terminal acetylenes is 1. The monoisotopic (exact) mass is 209 g/mol. The molecule has 3 nitrogen and oxygen atoms in total. The second-order valence-corrected chi connectivity index (χ2v) is 4.48. The lowest BCUT2D eigenvalue weighted by Gasteiger charge is -2.26. The Morgan fingerprint density at radius 2 is 2.33 bits per heavy atom. The molecule has 1 aliphatic rings. The molecule has 0 bridgehead atoms. The van der Waals surface area contributed by atoms with E-state index < -0.39 is 0 Å². The van der Waals surface area contributed by atoms with Gasteiger partial charge in [0.05, 0.1) is 6.54 Å². The van der Waals surface area contributed by atoms with Gasteiger partial charge in [0.2, 0.25) is 0 Å². The third-order valence-electron chi connectivity index (χ3n) is 2.88. The lowest BCUT2D eigenvalue weighted by molar-refractivity contribution is 0.209. The molecule has 0 aromatic rings. The molecule has 1 heterocycles. The second-order valence-electron chi connectivity index (χ2n) is 4.48. The summed E-state index contributed by atoms with van der Waals surface area (Å²) in [6, 6.07) is 0.743. The van der Waals surface area contributed by atoms with Gasteiger partial charge in [0.15, 0.2) is 0 Å². The van der Waals surface area contributed by atoms with Crippen LogP contribution in [0.1, 0.15) is 12.8 Å². The average molecular weight is 209 g/mol. The van der Waals surface area contributed by atoms with E-state index in [4.69, 9.17) is 6.42 Å². The van der Waals surface area contributed by atoms with Gasteiger partial charge < -0.3 is 10.2 Å². The van der Waals surface area contributed by atoms with E-state index in [9.17, 15) is 0 Å². The molecule has 1 N–H and O–H groups in total. The Kier molecular flexibility index (Phi) is 5.70. The van der Waals surface area contributed by atoms with E-state index in [1.54, 1.807) is 0 Å². The molecule has 1 atom stereocenters. The first-order chi connectivity index (χ1) is 7.24. The highest BCUT2D eigenvalue weighted by Crippen LogP contribution is 2.16. The molecule has 0 aromatic carbocycles. The van der Waals surface area contributed by atoms with Crippen LogP contribution in [-0.4, -0.2) is 62.7 Å². The minimum atomic E-state index is 0.687. The summed E-state index contributed by atoms with van der Waals surface area (Å²) >= 11 is 0. The summed E-state index contributed by atoms with van der Waals surface area (Å²) in [5, 5.41) is 3.24. The molecule has 0 aliphatic carbocycles. The molecular formula is C12H23N3. The number of likely N-dealkylation sites (tertiary alicyclic amines) is 1. The van der Waals surface area contributed by atoms with Gasteiger partial charge in [-0.2, -0.15) is 0 Å². The summed E-state index contributed by atoms with van der Waals surface area (Å²) < 4.78 is 0. The highest BCUT2D eigenvalue weighted by Gasteiger charge is 2.23. The van der Waals surface area contributed by atoms with Crippen LogP contribution >= 0.6 is 0 Å². The summed E-state index contributed by atoms with van der Waals surface area (Å²) in [4.78, 5) is 4.85. The number of hydrogen-bond donors (Lipinski definition) is 1. The van der Waals surface area contributed by atoms with Crippen LogP contribution < -0.4 is 5.32 Å². The van der Waals surface area contributed by atoms with Gasteiger partial charge in [-0.3, -0.25) is 4.90 Å². The predicted octanol–water partition coefficient (Wildman–Crippen LogP) is 0.235. The lowest BCUT2D eigenvalue weighted by atomic mass is 10.2. The fourth-order valence-electron chi connectivity index (χ4n) is 2.20.